The first-order valence-electron chi connectivity index (χ1n) is 6.47. The highest BCUT2D eigenvalue weighted by Gasteiger charge is 2.07. The maximum atomic E-state index is 4.44. The summed E-state index contributed by atoms with van der Waals surface area (Å²) in [6, 6.07) is 4.33. The van der Waals surface area contributed by atoms with Crippen LogP contribution < -0.4 is 5.32 Å². The first-order chi connectivity index (χ1) is 8.69. The molecule has 2 heterocycles. The Morgan fingerprint density at radius 2 is 2.22 bits per heavy atom. The first-order valence-corrected chi connectivity index (χ1v) is 7.27. The number of anilines is 1. The molecule has 2 rings (SSSR count). The smallest absolute Gasteiger partial charge is 0.243 e. The molecule has 2 aromatic rings. The molecule has 0 saturated carbocycles. The highest BCUT2D eigenvalue weighted by molar-refractivity contribution is 9.10. The second-order valence-corrected chi connectivity index (χ2v) is 5.54. The molecular weight excluding hydrogens is 292 g/mol. The SMILES string of the molecule is CCCCCC(C)Nc1nc2ccc(Br)cn2n1. The molecule has 0 aliphatic rings. The van der Waals surface area contributed by atoms with Gasteiger partial charge in [0, 0.05) is 16.7 Å². The maximum Gasteiger partial charge on any atom is 0.243 e. The van der Waals surface area contributed by atoms with Gasteiger partial charge in [-0.25, -0.2) is 4.52 Å². The summed E-state index contributed by atoms with van der Waals surface area (Å²) in [6.07, 6.45) is 6.87. The lowest BCUT2D eigenvalue weighted by molar-refractivity contribution is 0.612. The molecule has 0 spiro atoms. The van der Waals surface area contributed by atoms with Crippen LogP contribution in [0.1, 0.15) is 39.5 Å². The summed E-state index contributed by atoms with van der Waals surface area (Å²) >= 11 is 3.43. The molecule has 0 bridgehead atoms. The van der Waals surface area contributed by atoms with Crippen molar-refractivity contribution in [1.29, 1.82) is 0 Å². The van der Waals surface area contributed by atoms with Crippen LogP contribution in [0.3, 0.4) is 0 Å². The molecule has 0 aliphatic carbocycles. The Kier molecular flexibility index (Phi) is 4.58. The van der Waals surface area contributed by atoms with Crippen molar-refractivity contribution in [3.63, 3.8) is 0 Å². The molecular formula is C13H19BrN4. The molecule has 1 N–H and O–H groups in total. The van der Waals surface area contributed by atoms with Gasteiger partial charge in [-0.15, -0.1) is 5.10 Å². The number of unbranched alkanes of at least 4 members (excludes halogenated alkanes) is 2. The van der Waals surface area contributed by atoms with Crippen LogP contribution in [0.5, 0.6) is 0 Å². The average molecular weight is 311 g/mol. The monoisotopic (exact) mass is 310 g/mol. The van der Waals surface area contributed by atoms with Gasteiger partial charge in [-0.1, -0.05) is 26.2 Å². The van der Waals surface area contributed by atoms with Crippen LogP contribution in [-0.2, 0) is 0 Å². The van der Waals surface area contributed by atoms with Gasteiger partial charge in [0.25, 0.3) is 0 Å². The van der Waals surface area contributed by atoms with E-state index in [4.69, 9.17) is 0 Å². The van der Waals surface area contributed by atoms with Crippen LogP contribution in [0.4, 0.5) is 5.95 Å². The minimum atomic E-state index is 0.414. The average Bonchev–Trinajstić information content (AvgIpc) is 2.70. The summed E-state index contributed by atoms with van der Waals surface area (Å²) < 4.78 is 2.79. The van der Waals surface area contributed by atoms with Gasteiger partial charge in [0.2, 0.25) is 5.95 Å². The van der Waals surface area contributed by atoms with E-state index in [2.05, 4.69) is 45.2 Å². The Hall–Kier alpha value is -1.10. The normalized spacial score (nSPS) is 12.8. The number of hydrogen-bond donors (Lipinski definition) is 1. The third-order valence-corrected chi connectivity index (χ3v) is 3.38. The molecule has 18 heavy (non-hydrogen) atoms. The van der Waals surface area contributed by atoms with Gasteiger partial charge in [-0.2, -0.15) is 4.98 Å². The van der Waals surface area contributed by atoms with Crippen molar-refractivity contribution in [2.45, 2.75) is 45.6 Å². The Morgan fingerprint density at radius 1 is 1.39 bits per heavy atom. The molecule has 5 heteroatoms. The van der Waals surface area contributed by atoms with Gasteiger partial charge >= 0.3 is 0 Å². The molecule has 0 amide bonds. The summed E-state index contributed by atoms with van der Waals surface area (Å²) in [4.78, 5) is 4.44. The molecule has 4 nitrogen and oxygen atoms in total. The van der Waals surface area contributed by atoms with Crippen molar-refractivity contribution in [3.8, 4) is 0 Å². The second kappa shape index (κ2) is 6.18. The number of nitrogens with zero attached hydrogens (tertiary/aromatic N) is 3. The molecule has 0 saturated heterocycles. The minimum absolute atomic E-state index is 0.414. The fourth-order valence-corrected chi connectivity index (χ4v) is 2.24. The van der Waals surface area contributed by atoms with Gasteiger partial charge < -0.3 is 5.32 Å². The van der Waals surface area contributed by atoms with Crippen molar-refractivity contribution in [2.24, 2.45) is 0 Å². The van der Waals surface area contributed by atoms with Crippen LogP contribution in [0.25, 0.3) is 5.65 Å². The van der Waals surface area contributed by atoms with Crippen LogP contribution in [0, 0.1) is 0 Å². The first kappa shape index (κ1) is 13.3. The second-order valence-electron chi connectivity index (χ2n) is 4.63. The van der Waals surface area contributed by atoms with Crippen molar-refractivity contribution in [1.82, 2.24) is 14.6 Å². The molecule has 1 atom stereocenters. The molecule has 0 radical (unpaired) electrons. The minimum Gasteiger partial charge on any atom is -0.350 e. The molecule has 0 aliphatic heterocycles. The van der Waals surface area contributed by atoms with Crippen molar-refractivity contribution in [3.05, 3.63) is 22.8 Å². The van der Waals surface area contributed by atoms with E-state index in [-0.39, 0.29) is 0 Å². The molecule has 1 unspecified atom stereocenters. The number of halogens is 1. The van der Waals surface area contributed by atoms with Gasteiger partial charge in [0.15, 0.2) is 5.65 Å². The number of rotatable bonds is 6. The topological polar surface area (TPSA) is 42.2 Å². The van der Waals surface area contributed by atoms with E-state index < -0.39 is 0 Å². The summed E-state index contributed by atoms with van der Waals surface area (Å²) in [7, 11) is 0. The zero-order chi connectivity index (χ0) is 13.0. The lowest BCUT2D eigenvalue weighted by Gasteiger charge is -2.11. The summed E-state index contributed by atoms with van der Waals surface area (Å²) in [5.41, 5.74) is 0.862. The number of pyridine rings is 1. The zero-order valence-corrected chi connectivity index (χ0v) is 12.4. The largest absolute Gasteiger partial charge is 0.350 e. The number of hydrogen-bond acceptors (Lipinski definition) is 3. The van der Waals surface area contributed by atoms with Gasteiger partial charge in [-0.3, -0.25) is 0 Å². The predicted molar refractivity (Wildman–Crippen MR) is 77.9 cm³/mol. The van der Waals surface area contributed by atoms with Crippen molar-refractivity contribution in [2.75, 3.05) is 5.32 Å². The number of fused-ring (bicyclic) bond motifs is 1. The fraction of sp³-hybridized carbons (Fsp3) is 0.538. The standard InChI is InChI=1S/C13H19BrN4/c1-3-4-5-6-10(2)15-13-16-12-8-7-11(14)9-18(12)17-13/h7-10H,3-6H2,1-2H3,(H,15,17). The summed E-state index contributed by atoms with van der Waals surface area (Å²) in [5.74, 6) is 0.706. The third-order valence-electron chi connectivity index (χ3n) is 2.91. The molecule has 0 fully saturated rings. The van der Waals surface area contributed by atoms with Gasteiger partial charge in [0.05, 0.1) is 0 Å². The Balaban J connectivity index is 1.98. The van der Waals surface area contributed by atoms with Gasteiger partial charge in [0.1, 0.15) is 0 Å². The van der Waals surface area contributed by atoms with Crippen LogP contribution >= 0.6 is 15.9 Å². The Morgan fingerprint density at radius 3 is 3.00 bits per heavy atom. The van der Waals surface area contributed by atoms with Crippen molar-refractivity contribution < 1.29 is 0 Å². The summed E-state index contributed by atoms with van der Waals surface area (Å²) in [6.45, 7) is 4.40. The van der Waals surface area contributed by atoms with E-state index in [9.17, 15) is 0 Å². The zero-order valence-electron chi connectivity index (χ0n) is 10.9. The highest BCUT2D eigenvalue weighted by Crippen LogP contribution is 2.13. The number of nitrogens with one attached hydrogen (secondary N) is 1. The lowest BCUT2D eigenvalue weighted by Crippen LogP contribution is -2.15. The van der Waals surface area contributed by atoms with E-state index in [1.807, 2.05) is 18.3 Å². The number of aromatic nitrogens is 3. The highest BCUT2D eigenvalue weighted by atomic mass is 79.9. The van der Waals surface area contributed by atoms with Crippen LogP contribution in [0.2, 0.25) is 0 Å². The Labute approximate surface area is 116 Å². The van der Waals surface area contributed by atoms with Gasteiger partial charge in [-0.05, 0) is 41.4 Å². The van der Waals surface area contributed by atoms with E-state index in [1.165, 1.54) is 19.3 Å². The van der Waals surface area contributed by atoms with Crippen molar-refractivity contribution >= 4 is 27.5 Å². The summed E-state index contributed by atoms with van der Waals surface area (Å²) in [5, 5.41) is 7.76. The van der Waals surface area contributed by atoms with E-state index in [1.54, 1.807) is 4.52 Å². The maximum absolute atomic E-state index is 4.44. The Bertz CT molecular complexity index is 509. The van der Waals surface area contributed by atoms with Crippen LogP contribution in [-0.4, -0.2) is 20.6 Å². The van der Waals surface area contributed by atoms with E-state index in [0.717, 1.165) is 16.5 Å². The molecule has 2 aromatic heterocycles. The molecule has 98 valence electrons. The third kappa shape index (κ3) is 3.45. The van der Waals surface area contributed by atoms with E-state index in [0.29, 0.717) is 12.0 Å². The predicted octanol–water partition coefficient (Wildman–Crippen LogP) is 3.87. The quantitative estimate of drug-likeness (QED) is 0.823. The van der Waals surface area contributed by atoms with Crippen LogP contribution in [0.15, 0.2) is 22.8 Å². The van der Waals surface area contributed by atoms with E-state index >= 15 is 0 Å². The fourth-order valence-electron chi connectivity index (χ4n) is 1.91. The molecule has 0 aromatic carbocycles. The lowest BCUT2D eigenvalue weighted by atomic mass is 10.1.